The zero-order chi connectivity index (χ0) is 27.7. The molecule has 0 unspecified atom stereocenters. The van der Waals surface area contributed by atoms with Gasteiger partial charge in [0.1, 0.15) is 5.82 Å². The number of hydrogen-bond acceptors (Lipinski definition) is 8. The third-order valence-electron chi connectivity index (χ3n) is 5.79. The maximum atomic E-state index is 15.0. The Balaban J connectivity index is 1.67. The monoisotopic (exact) mass is 527 g/mol. The average Bonchev–Trinajstić information content (AvgIpc) is 3.34. The number of H-pyrrole nitrogens is 1. The van der Waals surface area contributed by atoms with Crippen molar-refractivity contribution in [3.8, 4) is 34.3 Å². The predicted octanol–water partition coefficient (Wildman–Crippen LogP) is 4.13. The van der Waals surface area contributed by atoms with Crippen LogP contribution in [0.2, 0.25) is 0 Å². The maximum absolute atomic E-state index is 15.0. The number of anilines is 2. The highest BCUT2D eigenvalue weighted by atomic mass is 19.1. The van der Waals surface area contributed by atoms with Gasteiger partial charge in [0.2, 0.25) is 11.8 Å². The molecule has 3 aromatic heterocycles. The molecule has 0 atom stereocenters. The summed E-state index contributed by atoms with van der Waals surface area (Å²) in [6.45, 7) is 5.21. The van der Waals surface area contributed by atoms with Crippen LogP contribution in [-0.4, -0.2) is 38.0 Å². The number of pyridine rings is 1. The Kier molecular flexibility index (Phi) is 6.51. The van der Waals surface area contributed by atoms with Crippen LogP contribution < -0.4 is 26.1 Å². The van der Waals surface area contributed by atoms with Gasteiger partial charge in [-0.2, -0.15) is 10.2 Å². The van der Waals surface area contributed by atoms with E-state index in [1.54, 1.807) is 24.3 Å². The fraction of sp³-hybridized carbons (Fsp3) is 0.0741. The summed E-state index contributed by atoms with van der Waals surface area (Å²) in [7, 11) is 1.48. The summed E-state index contributed by atoms with van der Waals surface area (Å²) in [5, 5.41) is 13.3. The summed E-state index contributed by atoms with van der Waals surface area (Å²) in [6.07, 6.45) is 1.03. The zero-order valence-corrected chi connectivity index (χ0v) is 20.9. The highest BCUT2D eigenvalue weighted by molar-refractivity contribution is 6.01. The quantitative estimate of drug-likeness (QED) is 0.268. The Bertz CT molecular complexity index is 1810. The minimum absolute atomic E-state index is 0.00481. The second kappa shape index (κ2) is 10.1. The molecule has 11 nitrogen and oxygen atoms in total. The number of aromatic nitrogens is 5. The third-order valence-corrected chi connectivity index (χ3v) is 5.79. The highest BCUT2D eigenvalue weighted by Crippen LogP contribution is 2.39. The van der Waals surface area contributed by atoms with Gasteiger partial charge in [-0.1, -0.05) is 12.6 Å². The smallest absolute Gasteiger partial charge is 0.292 e. The van der Waals surface area contributed by atoms with Crippen LogP contribution in [0.1, 0.15) is 5.69 Å². The Labute approximate surface area is 220 Å². The van der Waals surface area contributed by atoms with E-state index < -0.39 is 17.3 Å². The first-order valence-corrected chi connectivity index (χ1v) is 11.6. The largest absolute Gasteiger partial charge is 0.493 e. The molecule has 0 saturated heterocycles. The normalized spacial score (nSPS) is 10.8. The summed E-state index contributed by atoms with van der Waals surface area (Å²) in [6, 6.07) is 14.5. The van der Waals surface area contributed by atoms with Crippen LogP contribution in [0.3, 0.4) is 0 Å². The van der Waals surface area contributed by atoms with Gasteiger partial charge in [-0.05, 0) is 49.4 Å². The minimum atomic E-state index is -0.722. The number of hydrogen-bond donors (Lipinski definition) is 3. The number of carbonyl (C=O) groups is 1. The molecule has 0 aliphatic carbocycles. The van der Waals surface area contributed by atoms with E-state index in [0.29, 0.717) is 28.6 Å². The molecule has 5 aromatic rings. The van der Waals surface area contributed by atoms with Gasteiger partial charge in [-0.15, -0.1) is 0 Å². The van der Waals surface area contributed by atoms with Crippen LogP contribution in [0.4, 0.5) is 15.9 Å². The molecule has 2 aromatic carbocycles. The lowest BCUT2D eigenvalue weighted by atomic mass is 10.1. The van der Waals surface area contributed by atoms with E-state index >= 15 is 0 Å². The summed E-state index contributed by atoms with van der Waals surface area (Å²) in [5.41, 5.74) is 7.49. The molecular weight excluding hydrogens is 505 g/mol. The van der Waals surface area contributed by atoms with Gasteiger partial charge in [0.05, 0.1) is 29.6 Å². The number of amides is 1. The van der Waals surface area contributed by atoms with Crippen molar-refractivity contribution in [2.24, 2.45) is 0 Å². The molecule has 3 heterocycles. The topological polar surface area (TPSA) is 150 Å². The van der Waals surface area contributed by atoms with Crippen molar-refractivity contribution >= 4 is 28.3 Å². The second-order valence-electron chi connectivity index (χ2n) is 8.36. The number of halogens is 1. The number of fused-ring (bicyclic) bond motifs is 1. The van der Waals surface area contributed by atoms with Crippen molar-refractivity contribution in [1.82, 2.24) is 25.0 Å². The minimum Gasteiger partial charge on any atom is -0.493 e. The van der Waals surface area contributed by atoms with Crippen molar-refractivity contribution < 1.29 is 18.7 Å². The number of aryl methyl sites for hydroxylation is 1. The first kappa shape index (κ1) is 25.1. The molecule has 0 radical (unpaired) electrons. The van der Waals surface area contributed by atoms with E-state index in [-0.39, 0.29) is 28.1 Å². The number of carbonyl (C=O) groups excluding carboxylic acids is 1. The molecular formula is C27H22FN7O4. The van der Waals surface area contributed by atoms with E-state index in [9.17, 15) is 14.0 Å². The molecule has 196 valence electrons. The Morgan fingerprint density at radius 3 is 2.72 bits per heavy atom. The molecule has 1 amide bonds. The van der Waals surface area contributed by atoms with Crippen LogP contribution in [0, 0.1) is 12.7 Å². The number of ether oxygens (including phenoxy) is 2. The van der Waals surface area contributed by atoms with Crippen LogP contribution >= 0.6 is 0 Å². The van der Waals surface area contributed by atoms with Crippen molar-refractivity contribution in [3.05, 3.63) is 89.1 Å². The average molecular weight is 528 g/mol. The molecule has 0 aliphatic rings. The molecule has 5 rings (SSSR count). The summed E-state index contributed by atoms with van der Waals surface area (Å²) < 4.78 is 27.8. The number of methoxy groups -OCH3 is 1. The molecule has 4 N–H and O–H groups in total. The van der Waals surface area contributed by atoms with Gasteiger partial charge in [0, 0.05) is 23.4 Å². The van der Waals surface area contributed by atoms with E-state index in [2.05, 4.69) is 32.2 Å². The van der Waals surface area contributed by atoms with Crippen molar-refractivity contribution in [3.63, 3.8) is 0 Å². The fourth-order valence-corrected chi connectivity index (χ4v) is 4.00. The standard InChI is InChI=1S/C27H22FN7O4/c1-4-21(36)31-18-10-9-16(13-17(18)28)35-25(23-24(34-35)27(37)33-32-26(23)29)15-8-11-19(20(12-15)38-3)39-22-7-5-6-14(2)30-22/h4-13H,1H2,2-3H3,(H2,29,32)(H,31,36)(H,33,37). The van der Waals surface area contributed by atoms with Crippen LogP contribution in [0.5, 0.6) is 17.4 Å². The van der Waals surface area contributed by atoms with Crippen molar-refractivity contribution in [1.29, 1.82) is 0 Å². The molecule has 0 bridgehead atoms. The van der Waals surface area contributed by atoms with Gasteiger partial charge in [0.25, 0.3) is 5.56 Å². The van der Waals surface area contributed by atoms with E-state index in [1.807, 2.05) is 19.1 Å². The third kappa shape index (κ3) is 4.78. The van der Waals surface area contributed by atoms with Crippen LogP contribution in [0.25, 0.3) is 27.8 Å². The van der Waals surface area contributed by atoms with Gasteiger partial charge in [0.15, 0.2) is 22.8 Å². The van der Waals surface area contributed by atoms with E-state index in [0.717, 1.165) is 11.8 Å². The summed E-state index contributed by atoms with van der Waals surface area (Å²) in [5.74, 6) is -0.123. The number of aromatic amines is 1. The number of nitrogens with two attached hydrogens (primary N) is 1. The Hall–Kier alpha value is -5.52. The Morgan fingerprint density at radius 1 is 1.18 bits per heavy atom. The van der Waals surface area contributed by atoms with E-state index in [1.165, 1.54) is 30.0 Å². The molecule has 0 spiro atoms. The van der Waals surface area contributed by atoms with Crippen molar-refractivity contribution in [2.75, 3.05) is 18.2 Å². The zero-order valence-electron chi connectivity index (χ0n) is 20.9. The molecule has 39 heavy (non-hydrogen) atoms. The fourth-order valence-electron chi connectivity index (χ4n) is 4.00. The van der Waals surface area contributed by atoms with Crippen LogP contribution in [-0.2, 0) is 4.79 Å². The Morgan fingerprint density at radius 2 is 2.00 bits per heavy atom. The second-order valence-corrected chi connectivity index (χ2v) is 8.36. The predicted molar refractivity (Wildman–Crippen MR) is 144 cm³/mol. The number of nitrogen functional groups attached to an aromatic ring is 1. The first-order valence-electron chi connectivity index (χ1n) is 11.6. The first-order chi connectivity index (χ1) is 18.8. The molecule has 0 saturated carbocycles. The maximum Gasteiger partial charge on any atom is 0.292 e. The van der Waals surface area contributed by atoms with E-state index in [4.69, 9.17) is 15.2 Å². The lowest BCUT2D eigenvalue weighted by Crippen LogP contribution is -2.10. The number of nitrogens with one attached hydrogen (secondary N) is 2. The lowest BCUT2D eigenvalue weighted by molar-refractivity contribution is -0.111. The SMILES string of the molecule is C=CC(=O)Nc1ccc(-n2nc3c(=O)[nH]nc(N)c3c2-c2ccc(Oc3cccc(C)n3)c(OC)c2)cc1F. The highest BCUT2D eigenvalue weighted by Gasteiger charge is 2.22. The number of rotatable bonds is 7. The van der Waals surface area contributed by atoms with Gasteiger partial charge in [-0.3, -0.25) is 9.59 Å². The molecule has 0 aliphatic heterocycles. The summed E-state index contributed by atoms with van der Waals surface area (Å²) >= 11 is 0. The summed E-state index contributed by atoms with van der Waals surface area (Å²) in [4.78, 5) is 28.6. The van der Waals surface area contributed by atoms with Gasteiger partial charge in [-0.25, -0.2) is 19.2 Å². The van der Waals surface area contributed by atoms with Crippen LogP contribution in [0.15, 0.2) is 72.0 Å². The number of benzene rings is 2. The molecule has 12 heteroatoms. The molecule has 0 fully saturated rings. The number of nitrogens with zero attached hydrogens (tertiary/aromatic N) is 4. The van der Waals surface area contributed by atoms with Gasteiger partial charge < -0.3 is 20.5 Å². The lowest BCUT2D eigenvalue weighted by Gasteiger charge is -2.14. The van der Waals surface area contributed by atoms with Crippen molar-refractivity contribution in [2.45, 2.75) is 6.92 Å². The van der Waals surface area contributed by atoms with Gasteiger partial charge >= 0.3 is 0 Å².